The highest BCUT2D eigenvalue weighted by Crippen LogP contribution is 2.26. The molecular formula is C16H20N2O2S. The van der Waals surface area contributed by atoms with E-state index in [1.807, 2.05) is 30.4 Å². The summed E-state index contributed by atoms with van der Waals surface area (Å²) in [5.74, 6) is 1.53. The Balaban J connectivity index is 2.25. The fourth-order valence-corrected chi connectivity index (χ4v) is 2.52. The van der Waals surface area contributed by atoms with Crippen molar-refractivity contribution in [2.24, 2.45) is 0 Å². The lowest BCUT2D eigenvalue weighted by atomic mass is 10.0. The molecule has 21 heavy (non-hydrogen) atoms. The maximum atomic E-state index is 5.38. The number of benzene rings is 1. The Bertz CT molecular complexity index is 606. The van der Waals surface area contributed by atoms with Crippen molar-refractivity contribution in [1.29, 1.82) is 0 Å². The number of nitrogens with one attached hydrogen (secondary N) is 2. The fraction of sp³-hybridized carbons (Fsp3) is 0.312. The van der Waals surface area contributed by atoms with E-state index in [2.05, 4.69) is 30.6 Å². The van der Waals surface area contributed by atoms with E-state index in [1.165, 1.54) is 0 Å². The van der Waals surface area contributed by atoms with E-state index in [1.54, 1.807) is 14.2 Å². The minimum Gasteiger partial charge on any atom is -0.497 e. The van der Waals surface area contributed by atoms with Gasteiger partial charge in [-0.25, -0.2) is 0 Å². The molecule has 0 aromatic heterocycles. The van der Waals surface area contributed by atoms with Crippen molar-refractivity contribution >= 4 is 23.4 Å². The number of thiocarbonyl (C=S) groups is 1. The van der Waals surface area contributed by atoms with Gasteiger partial charge in [-0.2, -0.15) is 0 Å². The summed E-state index contributed by atoms with van der Waals surface area (Å²) < 4.78 is 10.6. The smallest absolute Gasteiger partial charge is 0.171 e. The number of hydrogen-bond donors (Lipinski definition) is 2. The van der Waals surface area contributed by atoms with Crippen LogP contribution in [0.1, 0.15) is 19.4 Å². The van der Waals surface area contributed by atoms with Crippen molar-refractivity contribution in [2.75, 3.05) is 14.2 Å². The van der Waals surface area contributed by atoms with Gasteiger partial charge < -0.3 is 20.1 Å². The number of ether oxygens (including phenoxy) is 2. The molecule has 5 heteroatoms. The molecule has 0 atom stereocenters. The molecule has 0 spiro atoms. The van der Waals surface area contributed by atoms with E-state index in [4.69, 9.17) is 21.7 Å². The molecule has 0 aliphatic carbocycles. The molecule has 1 aromatic rings. The molecular weight excluding hydrogens is 284 g/mol. The highest BCUT2D eigenvalue weighted by atomic mass is 32.1. The molecule has 1 heterocycles. The van der Waals surface area contributed by atoms with Crippen molar-refractivity contribution in [3.8, 4) is 11.5 Å². The van der Waals surface area contributed by atoms with Crippen LogP contribution in [0.3, 0.4) is 0 Å². The summed E-state index contributed by atoms with van der Waals surface area (Å²) >= 11 is 5.21. The van der Waals surface area contributed by atoms with Crippen LogP contribution < -0.4 is 20.1 Å². The quantitative estimate of drug-likeness (QED) is 0.837. The lowest BCUT2D eigenvalue weighted by Gasteiger charge is -2.30. The topological polar surface area (TPSA) is 42.5 Å². The number of hydrogen-bond acceptors (Lipinski definition) is 3. The van der Waals surface area contributed by atoms with E-state index >= 15 is 0 Å². The molecule has 0 fully saturated rings. The second-order valence-corrected chi connectivity index (χ2v) is 5.75. The summed E-state index contributed by atoms with van der Waals surface area (Å²) in [7, 11) is 3.28. The Labute approximate surface area is 130 Å². The molecule has 1 aromatic carbocycles. The lowest BCUT2D eigenvalue weighted by Crippen LogP contribution is -2.51. The van der Waals surface area contributed by atoms with Gasteiger partial charge in [-0.15, -0.1) is 0 Å². The van der Waals surface area contributed by atoms with Crippen LogP contribution in [0, 0.1) is 0 Å². The van der Waals surface area contributed by atoms with Crippen molar-refractivity contribution < 1.29 is 9.47 Å². The second-order valence-electron chi connectivity index (χ2n) is 5.34. The Kier molecular flexibility index (Phi) is 4.53. The van der Waals surface area contributed by atoms with Gasteiger partial charge in [0.15, 0.2) is 5.11 Å². The minimum absolute atomic E-state index is 0.161. The maximum absolute atomic E-state index is 5.38. The van der Waals surface area contributed by atoms with Crippen LogP contribution in [0.5, 0.6) is 11.5 Å². The van der Waals surface area contributed by atoms with Gasteiger partial charge in [0.05, 0.1) is 19.8 Å². The molecule has 1 aliphatic rings. The van der Waals surface area contributed by atoms with Crippen molar-refractivity contribution in [3.63, 3.8) is 0 Å². The van der Waals surface area contributed by atoms with E-state index < -0.39 is 0 Å². The largest absolute Gasteiger partial charge is 0.497 e. The van der Waals surface area contributed by atoms with Crippen molar-refractivity contribution in [2.45, 2.75) is 19.4 Å². The highest BCUT2D eigenvalue weighted by molar-refractivity contribution is 7.80. The minimum atomic E-state index is -0.161. The second kappa shape index (κ2) is 6.18. The van der Waals surface area contributed by atoms with Crippen LogP contribution in [0.15, 0.2) is 36.0 Å². The molecule has 4 nitrogen and oxygen atoms in total. The standard InChI is InChI=1S/C16H20N2O2S/c1-16(2)10-12(17-15(21)18-16)7-5-11-6-8-13(19-3)9-14(11)20-4/h5-10H,1-4H3,(H2,17,18,21). The van der Waals surface area contributed by atoms with E-state index in [-0.39, 0.29) is 5.54 Å². The van der Waals surface area contributed by atoms with Crippen LogP contribution in [0.25, 0.3) is 6.08 Å². The van der Waals surface area contributed by atoms with Crippen molar-refractivity contribution in [3.05, 3.63) is 41.6 Å². The summed E-state index contributed by atoms with van der Waals surface area (Å²) in [4.78, 5) is 0. The molecule has 0 bridgehead atoms. The first-order valence-electron chi connectivity index (χ1n) is 6.65. The van der Waals surface area contributed by atoms with E-state index in [0.29, 0.717) is 5.11 Å². The monoisotopic (exact) mass is 304 g/mol. The number of allylic oxidation sites excluding steroid dienone is 1. The number of methoxy groups -OCH3 is 2. The van der Waals surface area contributed by atoms with Gasteiger partial charge >= 0.3 is 0 Å². The predicted octanol–water partition coefficient (Wildman–Crippen LogP) is 2.86. The Morgan fingerprint density at radius 1 is 1.14 bits per heavy atom. The zero-order valence-electron chi connectivity index (χ0n) is 12.7. The van der Waals surface area contributed by atoms with Gasteiger partial charge in [-0.05, 0) is 56.4 Å². The van der Waals surface area contributed by atoms with Crippen LogP contribution >= 0.6 is 12.2 Å². The fourth-order valence-electron chi connectivity index (χ4n) is 2.14. The number of rotatable bonds is 4. The van der Waals surface area contributed by atoms with Crippen LogP contribution in [0.2, 0.25) is 0 Å². The maximum Gasteiger partial charge on any atom is 0.171 e. The van der Waals surface area contributed by atoms with Crippen molar-refractivity contribution in [1.82, 2.24) is 10.6 Å². The molecule has 2 rings (SSSR count). The Morgan fingerprint density at radius 2 is 1.90 bits per heavy atom. The first-order valence-corrected chi connectivity index (χ1v) is 7.06. The van der Waals surface area contributed by atoms with Gasteiger partial charge in [0.25, 0.3) is 0 Å². The third kappa shape index (κ3) is 3.98. The Morgan fingerprint density at radius 3 is 2.52 bits per heavy atom. The SMILES string of the molecule is COc1ccc(C=CC2=CC(C)(C)NC(=S)N2)c(OC)c1. The average molecular weight is 304 g/mol. The molecule has 0 amide bonds. The van der Waals surface area contributed by atoms with Gasteiger partial charge in [-0.1, -0.05) is 0 Å². The molecule has 112 valence electrons. The summed E-state index contributed by atoms with van der Waals surface area (Å²) in [5.41, 5.74) is 1.77. The summed E-state index contributed by atoms with van der Waals surface area (Å²) in [5, 5.41) is 6.95. The van der Waals surface area contributed by atoms with E-state index in [0.717, 1.165) is 22.8 Å². The zero-order chi connectivity index (χ0) is 15.5. The average Bonchev–Trinajstić information content (AvgIpc) is 2.42. The Hall–Kier alpha value is -2.01. The van der Waals surface area contributed by atoms with Gasteiger partial charge in [0, 0.05) is 17.3 Å². The summed E-state index contributed by atoms with van der Waals surface area (Å²) in [6.07, 6.45) is 6.07. The third-order valence-electron chi connectivity index (χ3n) is 3.09. The lowest BCUT2D eigenvalue weighted by molar-refractivity contribution is 0.394. The van der Waals surface area contributed by atoms with Gasteiger partial charge in [0.1, 0.15) is 11.5 Å². The first kappa shape index (κ1) is 15.4. The van der Waals surface area contributed by atoms with Gasteiger partial charge in [0.2, 0.25) is 0 Å². The van der Waals surface area contributed by atoms with Crippen LogP contribution in [0.4, 0.5) is 0 Å². The highest BCUT2D eigenvalue weighted by Gasteiger charge is 2.20. The third-order valence-corrected chi connectivity index (χ3v) is 3.30. The summed E-state index contributed by atoms with van der Waals surface area (Å²) in [6.45, 7) is 4.14. The van der Waals surface area contributed by atoms with Gasteiger partial charge in [-0.3, -0.25) is 0 Å². The van der Waals surface area contributed by atoms with Crippen LogP contribution in [-0.2, 0) is 0 Å². The summed E-state index contributed by atoms with van der Waals surface area (Å²) in [6, 6.07) is 5.72. The molecule has 0 saturated heterocycles. The molecule has 2 N–H and O–H groups in total. The zero-order valence-corrected chi connectivity index (χ0v) is 13.5. The van der Waals surface area contributed by atoms with E-state index in [9.17, 15) is 0 Å². The van der Waals surface area contributed by atoms with Crippen LogP contribution in [-0.4, -0.2) is 24.9 Å². The molecule has 1 aliphatic heterocycles. The molecule has 0 unspecified atom stereocenters. The normalized spacial score (nSPS) is 17.0. The first-order chi connectivity index (χ1) is 9.93. The molecule has 0 radical (unpaired) electrons. The molecule has 0 saturated carbocycles. The predicted molar refractivity (Wildman–Crippen MR) is 89.6 cm³/mol.